The zero-order valence-electron chi connectivity index (χ0n) is 9.81. The van der Waals surface area contributed by atoms with Gasteiger partial charge in [0, 0.05) is 10.6 Å². The van der Waals surface area contributed by atoms with Gasteiger partial charge < -0.3 is 10.4 Å². The van der Waals surface area contributed by atoms with Gasteiger partial charge in [0.15, 0.2) is 0 Å². The summed E-state index contributed by atoms with van der Waals surface area (Å²) >= 11 is 7.63. The van der Waals surface area contributed by atoms with Crippen LogP contribution < -0.4 is 5.73 Å². The van der Waals surface area contributed by atoms with Crippen LogP contribution in [0.1, 0.15) is 12.8 Å². The van der Waals surface area contributed by atoms with Gasteiger partial charge in [-0.3, -0.25) is 9.69 Å². The van der Waals surface area contributed by atoms with Crippen LogP contribution in [-0.4, -0.2) is 46.9 Å². The van der Waals surface area contributed by atoms with Gasteiger partial charge in [0.1, 0.15) is 17.1 Å². The first-order valence-electron chi connectivity index (χ1n) is 5.70. The highest BCUT2D eigenvalue weighted by Gasteiger charge is 2.62. The summed E-state index contributed by atoms with van der Waals surface area (Å²) in [6, 6.07) is -0.524. The third kappa shape index (κ3) is 1.41. The van der Waals surface area contributed by atoms with Crippen LogP contribution in [0.5, 0.6) is 0 Å². The molecule has 0 unspecified atom stereocenters. The largest absolute Gasteiger partial charge is 0.539 e. The Bertz CT molecular complexity index is 480. The molecule has 1 spiro atoms. The number of hydrogen-bond acceptors (Lipinski definition) is 5. The van der Waals surface area contributed by atoms with Crippen molar-refractivity contribution in [2.75, 3.05) is 5.88 Å². The lowest BCUT2D eigenvalue weighted by Gasteiger charge is -2.50. The molecule has 1 amide bonds. The second kappa shape index (κ2) is 3.92. The van der Waals surface area contributed by atoms with E-state index < -0.39 is 12.0 Å². The van der Waals surface area contributed by atoms with Crippen molar-refractivity contribution in [3.05, 3.63) is 11.3 Å². The van der Waals surface area contributed by atoms with E-state index in [9.17, 15) is 9.59 Å². The van der Waals surface area contributed by atoms with Crippen molar-refractivity contribution in [2.24, 2.45) is 5.73 Å². The Kier molecular flexibility index (Phi) is 2.69. The number of thioether (sulfide) groups is 1. The van der Waals surface area contributed by atoms with E-state index in [0.29, 0.717) is 5.70 Å². The summed E-state index contributed by atoms with van der Waals surface area (Å²) in [5.74, 6) is -0.489. The molecule has 2 heterocycles. The molecule has 2 atom stereocenters. The number of amides is 1. The molecule has 2 N–H and O–H groups in total. The Morgan fingerprint density at radius 1 is 1.67 bits per heavy atom. The number of carbonyl (C=O) groups excluding carboxylic acids is 2. The minimum atomic E-state index is -0.524. The molecule has 0 aromatic carbocycles. The van der Waals surface area contributed by atoms with E-state index in [4.69, 9.17) is 22.0 Å². The molecule has 1 saturated carbocycles. The maximum absolute atomic E-state index is 11.9. The Balaban J connectivity index is 2.09. The number of alkyl halides is 1. The first kappa shape index (κ1) is 12.4. The van der Waals surface area contributed by atoms with E-state index in [2.05, 4.69) is 0 Å². The molecular weight excluding hydrogens is 274 g/mol. The van der Waals surface area contributed by atoms with Gasteiger partial charge >= 0.3 is 14.0 Å². The van der Waals surface area contributed by atoms with Crippen molar-refractivity contribution in [3.8, 4) is 0 Å². The van der Waals surface area contributed by atoms with Gasteiger partial charge in [-0.25, -0.2) is 4.79 Å². The summed E-state index contributed by atoms with van der Waals surface area (Å²) in [5.41, 5.74) is 6.93. The number of nitrogens with zero attached hydrogens (tertiary/aromatic N) is 1. The number of rotatable bonds is 2. The van der Waals surface area contributed by atoms with Crippen LogP contribution in [0, 0.1) is 0 Å². The Morgan fingerprint density at radius 2 is 2.33 bits per heavy atom. The highest BCUT2D eigenvalue weighted by atomic mass is 35.5. The standard InChI is InChI=1S/C10H12BClN2O3S/c11-17-9(16)6-4(3-12)10(1-2-10)18-8-5(13)7(15)14(6)8/h5,8H,1-3,11,13H2/t5-,8-/m1/s1. The molecule has 3 aliphatic rings. The zero-order chi connectivity index (χ0) is 13.1. The zero-order valence-corrected chi connectivity index (χ0v) is 11.4. The lowest BCUT2D eigenvalue weighted by atomic mass is 10.0. The van der Waals surface area contributed by atoms with E-state index in [-0.39, 0.29) is 21.9 Å². The Morgan fingerprint density at radius 3 is 2.83 bits per heavy atom. The fourth-order valence-corrected chi connectivity index (χ4v) is 4.70. The highest BCUT2D eigenvalue weighted by Crippen LogP contribution is 2.62. The fourth-order valence-electron chi connectivity index (χ4n) is 2.55. The minimum Gasteiger partial charge on any atom is -0.539 e. The van der Waals surface area contributed by atoms with Crippen molar-refractivity contribution >= 4 is 43.3 Å². The topological polar surface area (TPSA) is 72.6 Å². The highest BCUT2D eigenvalue weighted by molar-refractivity contribution is 8.02. The van der Waals surface area contributed by atoms with Crippen molar-refractivity contribution in [1.82, 2.24) is 4.90 Å². The minimum absolute atomic E-state index is 0.0925. The van der Waals surface area contributed by atoms with Gasteiger partial charge in [-0.2, -0.15) is 0 Å². The smallest absolute Gasteiger partial charge is 0.337 e. The normalized spacial score (nSPS) is 32.1. The molecule has 0 bridgehead atoms. The second-order valence-corrected chi connectivity index (χ2v) is 6.46. The Hall–Kier alpha value is -0.655. The monoisotopic (exact) mass is 286 g/mol. The van der Waals surface area contributed by atoms with Gasteiger partial charge in [0.2, 0.25) is 5.91 Å². The summed E-state index contributed by atoms with van der Waals surface area (Å²) in [6.07, 6.45) is 1.96. The van der Waals surface area contributed by atoms with E-state index in [1.54, 1.807) is 11.8 Å². The quantitative estimate of drug-likeness (QED) is 0.415. The summed E-state index contributed by atoms with van der Waals surface area (Å²) in [7, 11) is 1.31. The maximum Gasteiger partial charge on any atom is 0.337 e. The van der Waals surface area contributed by atoms with E-state index in [1.807, 2.05) is 0 Å². The molecular formula is C10H12BClN2O3S. The van der Waals surface area contributed by atoms with Crippen LogP contribution in [0.4, 0.5) is 0 Å². The van der Waals surface area contributed by atoms with Crippen LogP contribution in [0.2, 0.25) is 0 Å². The summed E-state index contributed by atoms with van der Waals surface area (Å²) in [5, 5.41) is -0.152. The van der Waals surface area contributed by atoms with Crippen LogP contribution in [0.3, 0.4) is 0 Å². The van der Waals surface area contributed by atoms with Gasteiger partial charge in [-0.15, -0.1) is 23.4 Å². The predicted molar refractivity (Wildman–Crippen MR) is 70.5 cm³/mol. The number of carbonyl (C=O) groups is 2. The molecule has 18 heavy (non-hydrogen) atoms. The van der Waals surface area contributed by atoms with Crippen molar-refractivity contribution in [2.45, 2.75) is 29.0 Å². The van der Waals surface area contributed by atoms with Crippen molar-refractivity contribution in [1.29, 1.82) is 0 Å². The van der Waals surface area contributed by atoms with E-state index in [1.165, 1.54) is 12.9 Å². The fraction of sp³-hybridized carbons (Fsp3) is 0.600. The van der Waals surface area contributed by atoms with E-state index >= 15 is 0 Å². The van der Waals surface area contributed by atoms with Crippen LogP contribution >= 0.6 is 23.4 Å². The van der Waals surface area contributed by atoms with Crippen LogP contribution in [0.15, 0.2) is 11.3 Å². The molecule has 1 aliphatic carbocycles. The van der Waals surface area contributed by atoms with Gasteiger partial charge in [0.05, 0.1) is 0 Å². The molecule has 2 fully saturated rings. The number of hydrogen-bond donors (Lipinski definition) is 1. The first-order valence-corrected chi connectivity index (χ1v) is 7.11. The van der Waals surface area contributed by atoms with Gasteiger partial charge in [-0.05, 0) is 18.4 Å². The molecule has 1 saturated heterocycles. The van der Waals surface area contributed by atoms with Gasteiger partial charge in [-0.1, -0.05) is 0 Å². The Labute approximate surface area is 114 Å². The molecule has 5 nitrogen and oxygen atoms in total. The molecule has 3 rings (SSSR count). The number of nitrogens with two attached hydrogens (primary N) is 1. The second-order valence-electron chi connectivity index (χ2n) is 4.69. The summed E-state index contributed by atoms with van der Waals surface area (Å²) < 4.78 is 4.69. The average molecular weight is 287 g/mol. The summed E-state index contributed by atoms with van der Waals surface area (Å²) in [4.78, 5) is 25.2. The van der Waals surface area contributed by atoms with Crippen molar-refractivity contribution in [3.63, 3.8) is 0 Å². The third-order valence-corrected chi connectivity index (χ3v) is 5.84. The van der Waals surface area contributed by atoms with Crippen LogP contribution in [-0.2, 0) is 14.2 Å². The predicted octanol–water partition coefficient (Wildman–Crippen LogP) is -0.654. The maximum atomic E-state index is 11.9. The number of fused-ring (bicyclic) bond motifs is 1. The van der Waals surface area contributed by atoms with Crippen LogP contribution in [0.25, 0.3) is 0 Å². The molecule has 96 valence electrons. The SMILES string of the molecule is BOC(=O)C1=C(CCl)C2(CC2)S[C@@H]2[C@H](N)C(=O)N12. The average Bonchev–Trinajstić information content (AvgIpc) is 3.16. The van der Waals surface area contributed by atoms with Gasteiger partial charge in [0.25, 0.3) is 0 Å². The first-order chi connectivity index (χ1) is 8.55. The lowest BCUT2D eigenvalue weighted by Crippen LogP contribution is -2.69. The molecule has 0 aromatic rings. The molecule has 8 heteroatoms. The summed E-state index contributed by atoms with van der Waals surface area (Å²) in [6.45, 7) is 0. The molecule has 0 radical (unpaired) electrons. The lowest BCUT2D eigenvalue weighted by molar-refractivity contribution is -0.147. The van der Waals surface area contributed by atoms with Crippen molar-refractivity contribution < 1.29 is 14.2 Å². The van der Waals surface area contributed by atoms with E-state index in [0.717, 1.165) is 18.4 Å². The molecule has 2 aliphatic heterocycles. The third-order valence-electron chi connectivity index (χ3n) is 3.72. The number of β-lactam (4-membered cyclic amide) rings is 1. The number of halogens is 1. The molecule has 0 aromatic heterocycles.